The van der Waals surface area contributed by atoms with Crippen LogP contribution in [0.1, 0.15) is 80.1 Å². The summed E-state index contributed by atoms with van der Waals surface area (Å²) in [6, 6.07) is 0. The molecule has 0 aliphatic carbocycles. The van der Waals surface area contributed by atoms with Crippen LogP contribution in [0.25, 0.3) is 0 Å². The van der Waals surface area contributed by atoms with Crippen molar-refractivity contribution in [1.29, 1.82) is 0 Å². The molecule has 4 heteroatoms. The van der Waals surface area contributed by atoms with Gasteiger partial charge in [-0.25, -0.2) is 0 Å². The van der Waals surface area contributed by atoms with E-state index in [0.29, 0.717) is 5.92 Å². The van der Waals surface area contributed by atoms with Crippen LogP contribution in [0.15, 0.2) is 0 Å². The van der Waals surface area contributed by atoms with E-state index >= 15 is 0 Å². The molecule has 0 rings (SSSR count). The van der Waals surface area contributed by atoms with Gasteiger partial charge in [-0.15, -0.1) is 0 Å². The van der Waals surface area contributed by atoms with Crippen LogP contribution < -0.4 is 0 Å². The minimum absolute atomic E-state index is 0.125. The smallest absolute Gasteiger partial charge is 0.303 e. The van der Waals surface area contributed by atoms with Gasteiger partial charge in [0.2, 0.25) is 0 Å². The number of hydrogen-bond donors (Lipinski definition) is 2. The zero-order valence-electron chi connectivity index (χ0n) is 15.1. The first kappa shape index (κ1) is 20.9. The van der Waals surface area contributed by atoms with Gasteiger partial charge < -0.3 is 10.2 Å². The summed E-state index contributed by atoms with van der Waals surface area (Å²) in [5.74, 6) is -0.804. The SMILES string of the molecule is CC(CC(=O)O)CC(C)(C)CCC(C)CC(C)(C)CC(=O)O. The Bertz CT molecular complexity index is 371. The summed E-state index contributed by atoms with van der Waals surface area (Å²) in [5, 5.41) is 17.8. The summed E-state index contributed by atoms with van der Waals surface area (Å²) in [4.78, 5) is 21.6. The zero-order chi connectivity index (χ0) is 17.6. The Morgan fingerprint density at radius 3 is 1.82 bits per heavy atom. The normalized spacial score (nSPS) is 15.4. The Hall–Kier alpha value is -1.06. The Labute approximate surface area is 135 Å². The maximum absolute atomic E-state index is 10.9. The van der Waals surface area contributed by atoms with Crippen molar-refractivity contribution >= 4 is 11.9 Å². The maximum atomic E-state index is 10.9. The van der Waals surface area contributed by atoms with Gasteiger partial charge in [0.05, 0.1) is 6.42 Å². The Morgan fingerprint density at radius 1 is 0.864 bits per heavy atom. The molecule has 0 saturated heterocycles. The summed E-state index contributed by atoms with van der Waals surface area (Å²) in [6.07, 6.45) is 4.34. The monoisotopic (exact) mass is 314 g/mol. The average Bonchev–Trinajstić information content (AvgIpc) is 2.21. The van der Waals surface area contributed by atoms with Crippen LogP contribution in [0.3, 0.4) is 0 Å². The van der Waals surface area contributed by atoms with Crippen LogP contribution in [0.5, 0.6) is 0 Å². The van der Waals surface area contributed by atoms with Crippen molar-refractivity contribution < 1.29 is 19.8 Å². The van der Waals surface area contributed by atoms with E-state index < -0.39 is 11.9 Å². The van der Waals surface area contributed by atoms with Crippen molar-refractivity contribution in [2.45, 2.75) is 80.1 Å². The van der Waals surface area contributed by atoms with Crippen molar-refractivity contribution in [3.63, 3.8) is 0 Å². The Morgan fingerprint density at radius 2 is 1.36 bits per heavy atom. The zero-order valence-corrected chi connectivity index (χ0v) is 15.1. The van der Waals surface area contributed by atoms with E-state index in [-0.39, 0.29) is 29.6 Å². The summed E-state index contributed by atoms with van der Waals surface area (Å²) < 4.78 is 0. The molecule has 0 saturated carbocycles. The molecule has 2 unspecified atom stereocenters. The van der Waals surface area contributed by atoms with E-state index in [1.165, 1.54) is 0 Å². The fourth-order valence-corrected chi connectivity index (χ4v) is 3.58. The molecule has 130 valence electrons. The van der Waals surface area contributed by atoms with Crippen molar-refractivity contribution in [2.75, 3.05) is 0 Å². The predicted molar refractivity (Wildman–Crippen MR) is 88.9 cm³/mol. The van der Waals surface area contributed by atoms with Gasteiger partial charge >= 0.3 is 11.9 Å². The van der Waals surface area contributed by atoms with E-state index in [1.54, 1.807) is 0 Å². The topological polar surface area (TPSA) is 74.6 Å². The molecule has 0 aromatic heterocycles. The fraction of sp³-hybridized carbons (Fsp3) is 0.889. The third-order valence-electron chi connectivity index (χ3n) is 4.27. The second kappa shape index (κ2) is 8.54. The molecule has 4 nitrogen and oxygen atoms in total. The van der Waals surface area contributed by atoms with Gasteiger partial charge in [0.25, 0.3) is 0 Å². The van der Waals surface area contributed by atoms with Gasteiger partial charge in [-0.1, -0.05) is 48.0 Å². The van der Waals surface area contributed by atoms with Crippen molar-refractivity contribution in [3.8, 4) is 0 Å². The van der Waals surface area contributed by atoms with E-state index in [0.717, 1.165) is 25.7 Å². The maximum Gasteiger partial charge on any atom is 0.303 e. The highest BCUT2D eigenvalue weighted by Crippen LogP contribution is 2.36. The molecule has 22 heavy (non-hydrogen) atoms. The standard InChI is InChI=1S/C18H34O4/c1-13(10-18(5,6)12-16(21)22)7-8-17(3,4)11-14(2)9-15(19)20/h13-14H,7-12H2,1-6H3,(H,19,20)(H,21,22). The molecule has 0 spiro atoms. The lowest BCUT2D eigenvalue weighted by atomic mass is 9.74. The third kappa shape index (κ3) is 10.6. The van der Waals surface area contributed by atoms with Gasteiger partial charge in [0.15, 0.2) is 0 Å². The van der Waals surface area contributed by atoms with Crippen molar-refractivity contribution in [1.82, 2.24) is 0 Å². The third-order valence-corrected chi connectivity index (χ3v) is 4.27. The van der Waals surface area contributed by atoms with Crippen LogP contribution in [-0.4, -0.2) is 22.2 Å². The van der Waals surface area contributed by atoms with Crippen LogP contribution >= 0.6 is 0 Å². The fourth-order valence-electron chi connectivity index (χ4n) is 3.58. The average molecular weight is 314 g/mol. The number of carboxylic acids is 2. The van der Waals surface area contributed by atoms with Crippen LogP contribution in [-0.2, 0) is 9.59 Å². The highest BCUT2D eigenvalue weighted by Gasteiger charge is 2.27. The van der Waals surface area contributed by atoms with Crippen LogP contribution in [0.4, 0.5) is 0 Å². The molecule has 2 atom stereocenters. The largest absolute Gasteiger partial charge is 0.481 e. The Kier molecular flexibility index (Phi) is 8.13. The highest BCUT2D eigenvalue weighted by molar-refractivity contribution is 5.67. The van der Waals surface area contributed by atoms with E-state index in [2.05, 4.69) is 20.8 Å². The minimum Gasteiger partial charge on any atom is -0.481 e. The molecule has 0 aromatic carbocycles. The van der Waals surface area contributed by atoms with Crippen molar-refractivity contribution in [3.05, 3.63) is 0 Å². The molecule has 2 N–H and O–H groups in total. The molecule has 0 heterocycles. The van der Waals surface area contributed by atoms with E-state index in [1.807, 2.05) is 20.8 Å². The molecule has 0 bridgehead atoms. The lowest BCUT2D eigenvalue weighted by Gasteiger charge is -2.31. The van der Waals surface area contributed by atoms with Gasteiger partial charge in [-0.05, 0) is 41.9 Å². The Balaban J connectivity index is 4.29. The first-order valence-electron chi connectivity index (χ1n) is 8.26. The number of rotatable bonds is 11. The quantitative estimate of drug-likeness (QED) is 0.573. The van der Waals surface area contributed by atoms with Gasteiger partial charge in [-0.3, -0.25) is 9.59 Å². The number of carboxylic acid groups (broad SMARTS) is 2. The van der Waals surface area contributed by atoms with Crippen molar-refractivity contribution in [2.24, 2.45) is 22.7 Å². The van der Waals surface area contributed by atoms with E-state index in [9.17, 15) is 9.59 Å². The summed E-state index contributed by atoms with van der Waals surface area (Å²) >= 11 is 0. The molecule has 0 aromatic rings. The molecule has 0 amide bonds. The lowest BCUT2D eigenvalue weighted by Crippen LogP contribution is -2.22. The van der Waals surface area contributed by atoms with Gasteiger partial charge in [-0.2, -0.15) is 0 Å². The molecule has 0 radical (unpaired) electrons. The van der Waals surface area contributed by atoms with Gasteiger partial charge in [0.1, 0.15) is 0 Å². The first-order valence-corrected chi connectivity index (χ1v) is 8.26. The van der Waals surface area contributed by atoms with Crippen LogP contribution in [0, 0.1) is 22.7 Å². The predicted octanol–water partition coefficient (Wildman–Crippen LogP) is 4.82. The summed E-state index contributed by atoms with van der Waals surface area (Å²) in [5.41, 5.74) is -0.0495. The highest BCUT2D eigenvalue weighted by atomic mass is 16.4. The van der Waals surface area contributed by atoms with Crippen LogP contribution in [0.2, 0.25) is 0 Å². The molecular formula is C18H34O4. The van der Waals surface area contributed by atoms with E-state index in [4.69, 9.17) is 10.2 Å². The first-order chi connectivity index (χ1) is 9.83. The number of hydrogen-bond acceptors (Lipinski definition) is 2. The minimum atomic E-state index is -0.736. The lowest BCUT2D eigenvalue weighted by molar-refractivity contribution is -0.140. The second-order valence-corrected chi connectivity index (χ2v) is 8.65. The summed E-state index contributed by atoms with van der Waals surface area (Å²) in [6.45, 7) is 12.6. The number of aliphatic carboxylic acids is 2. The molecule has 0 fully saturated rings. The summed E-state index contributed by atoms with van der Waals surface area (Å²) in [7, 11) is 0. The number of carbonyl (C=O) groups is 2. The molecule has 0 aliphatic heterocycles. The second-order valence-electron chi connectivity index (χ2n) is 8.65. The van der Waals surface area contributed by atoms with Gasteiger partial charge in [0, 0.05) is 6.42 Å². The molecule has 0 aliphatic rings. The molecular weight excluding hydrogens is 280 g/mol.